The van der Waals surface area contributed by atoms with E-state index in [1.807, 2.05) is 41.3 Å². The number of carbonyl (C=O) groups excluding carboxylic acids is 1. The van der Waals surface area contributed by atoms with E-state index in [9.17, 15) is 4.79 Å². The Balaban J connectivity index is 1.89. The summed E-state index contributed by atoms with van der Waals surface area (Å²) in [6.45, 7) is 0.713. The molecule has 23 heavy (non-hydrogen) atoms. The smallest absolute Gasteiger partial charge is 0.251 e. The Kier molecular flexibility index (Phi) is 4.47. The molecule has 1 atom stereocenters. The van der Waals surface area contributed by atoms with Gasteiger partial charge in [0.25, 0.3) is 5.95 Å². The molecule has 1 fully saturated rings. The van der Waals surface area contributed by atoms with E-state index in [4.69, 9.17) is 5.26 Å². The first-order valence-corrected chi connectivity index (χ1v) is 7.56. The number of tetrazole rings is 1. The summed E-state index contributed by atoms with van der Waals surface area (Å²) in [5.74, 6) is 0.391. The number of benzene rings is 1. The van der Waals surface area contributed by atoms with Crippen molar-refractivity contribution in [3.8, 4) is 11.8 Å². The van der Waals surface area contributed by atoms with Crippen LogP contribution in [0.4, 0.5) is 5.95 Å². The molecule has 8 nitrogen and oxygen atoms in total. The molecule has 118 valence electrons. The Morgan fingerprint density at radius 3 is 2.96 bits per heavy atom. The zero-order chi connectivity index (χ0) is 16.1. The third kappa shape index (κ3) is 3.13. The summed E-state index contributed by atoms with van der Waals surface area (Å²) in [4.78, 5) is 14.2. The van der Waals surface area contributed by atoms with Crippen LogP contribution in [-0.4, -0.2) is 45.2 Å². The summed E-state index contributed by atoms with van der Waals surface area (Å²) in [5.41, 5.74) is 0.842. The van der Waals surface area contributed by atoms with Crippen molar-refractivity contribution in [2.45, 2.75) is 25.3 Å². The van der Waals surface area contributed by atoms with Crippen LogP contribution >= 0.6 is 0 Å². The molecule has 2 heterocycles. The Labute approximate surface area is 133 Å². The van der Waals surface area contributed by atoms with Gasteiger partial charge in [0.15, 0.2) is 0 Å². The number of nitrogens with one attached hydrogen (secondary N) is 1. The molecule has 0 radical (unpaired) electrons. The van der Waals surface area contributed by atoms with Gasteiger partial charge in [-0.3, -0.25) is 4.79 Å². The first-order chi connectivity index (χ1) is 11.3. The van der Waals surface area contributed by atoms with Gasteiger partial charge in [0.05, 0.1) is 11.8 Å². The lowest BCUT2D eigenvalue weighted by molar-refractivity contribution is -0.122. The van der Waals surface area contributed by atoms with Gasteiger partial charge in [-0.05, 0) is 41.8 Å². The predicted molar refractivity (Wildman–Crippen MR) is 82.8 cm³/mol. The number of anilines is 1. The van der Waals surface area contributed by atoms with Crippen LogP contribution in [0.2, 0.25) is 0 Å². The number of piperidine rings is 1. The molecular formula is C15H17N7O. The molecule has 1 aliphatic rings. The van der Waals surface area contributed by atoms with Crippen LogP contribution in [0.15, 0.2) is 30.3 Å². The molecule has 1 aromatic carbocycles. The zero-order valence-corrected chi connectivity index (χ0v) is 12.6. The van der Waals surface area contributed by atoms with E-state index >= 15 is 0 Å². The number of amides is 1. The van der Waals surface area contributed by atoms with E-state index < -0.39 is 0 Å². The van der Waals surface area contributed by atoms with Crippen LogP contribution in [0.3, 0.4) is 0 Å². The van der Waals surface area contributed by atoms with Crippen molar-refractivity contribution in [1.82, 2.24) is 25.5 Å². The van der Waals surface area contributed by atoms with Crippen molar-refractivity contribution in [3.63, 3.8) is 0 Å². The summed E-state index contributed by atoms with van der Waals surface area (Å²) in [6.07, 6.45) is 2.66. The fourth-order valence-electron chi connectivity index (χ4n) is 2.79. The summed E-state index contributed by atoms with van der Waals surface area (Å²) < 4.78 is 1.63. The molecule has 1 unspecified atom stereocenters. The number of hydrogen-bond donors (Lipinski definition) is 1. The van der Waals surface area contributed by atoms with Gasteiger partial charge >= 0.3 is 0 Å². The molecule has 8 heteroatoms. The standard InChI is InChI=1S/C15H17N7O/c16-9-10-17-14(23)13-8-4-5-11-21(13)15-18-19-20-22(15)12-6-2-1-3-7-12/h1-3,6-7,13H,4-5,8,10-11H2,(H,17,23). The minimum absolute atomic E-state index is 0.00675. The largest absolute Gasteiger partial charge is 0.341 e. The highest BCUT2D eigenvalue weighted by Crippen LogP contribution is 2.24. The van der Waals surface area contributed by atoms with Crippen LogP contribution in [-0.2, 0) is 4.79 Å². The Hall–Kier alpha value is -2.95. The van der Waals surface area contributed by atoms with Crippen LogP contribution < -0.4 is 10.2 Å². The second-order valence-corrected chi connectivity index (χ2v) is 5.31. The number of rotatable bonds is 4. The summed E-state index contributed by atoms with van der Waals surface area (Å²) >= 11 is 0. The lowest BCUT2D eigenvalue weighted by Gasteiger charge is -2.34. The van der Waals surface area contributed by atoms with Crippen LogP contribution in [0.1, 0.15) is 19.3 Å². The molecule has 0 saturated carbocycles. The maximum atomic E-state index is 12.3. The normalized spacial score (nSPS) is 17.5. The molecule has 1 amide bonds. The van der Waals surface area contributed by atoms with Gasteiger partial charge in [-0.1, -0.05) is 23.3 Å². The molecule has 0 aliphatic carbocycles. The number of nitrogens with zero attached hydrogens (tertiary/aromatic N) is 6. The van der Waals surface area contributed by atoms with E-state index in [2.05, 4.69) is 20.8 Å². The van der Waals surface area contributed by atoms with Crippen molar-refractivity contribution in [2.75, 3.05) is 18.0 Å². The second kappa shape index (κ2) is 6.87. The lowest BCUT2D eigenvalue weighted by atomic mass is 10.0. The maximum Gasteiger partial charge on any atom is 0.251 e. The molecule has 0 spiro atoms. The number of para-hydroxylation sites is 1. The Morgan fingerprint density at radius 1 is 1.35 bits per heavy atom. The van der Waals surface area contributed by atoms with Crippen molar-refractivity contribution in [3.05, 3.63) is 30.3 Å². The SMILES string of the molecule is N#CCNC(=O)C1CCCCN1c1nnnn1-c1ccccc1. The molecule has 1 saturated heterocycles. The molecule has 1 aliphatic heterocycles. The fourth-order valence-corrected chi connectivity index (χ4v) is 2.79. The quantitative estimate of drug-likeness (QED) is 0.833. The third-order valence-corrected chi connectivity index (χ3v) is 3.86. The van der Waals surface area contributed by atoms with E-state index in [0.29, 0.717) is 12.5 Å². The van der Waals surface area contributed by atoms with E-state index in [1.54, 1.807) is 4.68 Å². The summed E-state index contributed by atoms with van der Waals surface area (Å²) in [5, 5.41) is 23.2. The van der Waals surface area contributed by atoms with Crippen LogP contribution in [0.25, 0.3) is 5.69 Å². The minimum Gasteiger partial charge on any atom is -0.341 e. The minimum atomic E-state index is -0.356. The van der Waals surface area contributed by atoms with Gasteiger partial charge in [-0.15, -0.1) is 0 Å². The van der Waals surface area contributed by atoms with Crippen molar-refractivity contribution in [2.24, 2.45) is 0 Å². The fraction of sp³-hybridized carbons (Fsp3) is 0.400. The van der Waals surface area contributed by atoms with Gasteiger partial charge in [0.2, 0.25) is 5.91 Å². The number of carbonyl (C=O) groups is 1. The lowest BCUT2D eigenvalue weighted by Crippen LogP contribution is -2.50. The van der Waals surface area contributed by atoms with E-state index in [0.717, 1.165) is 24.9 Å². The molecule has 0 bridgehead atoms. The first kappa shape index (κ1) is 15.0. The highest BCUT2D eigenvalue weighted by Gasteiger charge is 2.32. The van der Waals surface area contributed by atoms with Gasteiger partial charge in [0.1, 0.15) is 12.6 Å². The number of nitriles is 1. The zero-order valence-electron chi connectivity index (χ0n) is 12.6. The molecule has 1 N–H and O–H groups in total. The molecule has 2 aromatic rings. The van der Waals surface area contributed by atoms with Gasteiger partial charge in [-0.25, -0.2) is 0 Å². The first-order valence-electron chi connectivity index (χ1n) is 7.56. The number of hydrogen-bond acceptors (Lipinski definition) is 6. The van der Waals surface area contributed by atoms with Crippen molar-refractivity contribution in [1.29, 1.82) is 5.26 Å². The second-order valence-electron chi connectivity index (χ2n) is 5.31. The van der Waals surface area contributed by atoms with Gasteiger partial charge in [0, 0.05) is 6.54 Å². The Morgan fingerprint density at radius 2 is 2.17 bits per heavy atom. The Bertz CT molecular complexity index is 706. The van der Waals surface area contributed by atoms with Crippen molar-refractivity contribution < 1.29 is 4.79 Å². The topological polar surface area (TPSA) is 99.7 Å². The van der Waals surface area contributed by atoms with Crippen LogP contribution in [0, 0.1) is 11.3 Å². The maximum absolute atomic E-state index is 12.3. The molecule has 3 rings (SSSR count). The van der Waals surface area contributed by atoms with Crippen molar-refractivity contribution >= 4 is 11.9 Å². The monoisotopic (exact) mass is 311 g/mol. The average Bonchev–Trinajstić information content (AvgIpc) is 3.10. The van der Waals surface area contributed by atoms with Gasteiger partial charge in [-0.2, -0.15) is 9.94 Å². The van der Waals surface area contributed by atoms with E-state index in [-0.39, 0.29) is 18.5 Å². The summed E-state index contributed by atoms with van der Waals surface area (Å²) in [6, 6.07) is 11.1. The van der Waals surface area contributed by atoms with Crippen LogP contribution in [0.5, 0.6) is 0 Å². The predicted octanol–water partition coefficient (Wildman–Crippen LogP) is 0.661. The molecule has 1 aromatic heterocycles. The highest BCUT2D eigenvalue weighted by molar-refractivity contribution is 5.85. The van der Waals surface area contributed by atoms with E-state index in [1.165, 1.54) is 0 Å². The third-order valence-electron chi connectivity index (χ3n) is 3.86. The summed E-state index contributed by atoms with van der Waals surface area (Å²) in [7, 11) is 0. The highest BCUT2D eigenvalue weighted by atomic mass is 16.2. The number of aromatic nitrogens is 4. The van der Waals surface area contributed by atoms with Gasteiger partial charge < -0.3 is 10.2 Å². The average molecular weight is 311 g/mol. The molecular weight excluding hydrogens is 294 g/mol.